The quantitative estimate of drug-likeness (QED) is 0.874. The Hall–Kier alpha value is -1.69. The van der Waals surface area contributed by atoms with E-state index in [4.69, 9.17) is 0 Å². The molecule has 2 aromatic heterocycles. The zero-order chi connectivity index (χ0) is 13.4. The van der Waals surface area contributed by atoms with Gasteiger partial charge in [-0.1, -0.05) is 0 Å². The van der Waals surface area contributed by atoms with Crippen molar-refractivity contribution in [2.75, 3.05) is 18.0 Å². The minimum absolute atomic E-state index is 0.221. The monoisotopic (exact) mass is 261 g/mol. The Balaban J connectivity index is 1.86. The van der Waals surface area contributed by atoms with Gasteiger partial charge in [-0.25, -0.2) is 4.98 Å². The normalized spacial score (nSPS) is 19.0. The summed E-state index contributed by atoms with van der Waals surface area (Å²) in [5.41, 5.74) is 0.815. The highest BCUT2D eigenvalue weighted by Gasteiger charge is 2.25. The molecule has 0 spiro atoms. The van der Waals surface area contributed by atoms with Crippen molar-refractivity contribution in [3.05, 3.63) is 18.2 Å². The van der Waals surface area contributed by atoms with Crippen LogP contribution in [0.2, 0.25) is 0 Å². The van der Waals surface area contributed by atoms with Gasteiger partial charge in [-0.2, -0.15) is 0 Å². The van der Waals surface area contributed by atoms with Crippen molar-refractivity contribution < 1.29 is 5.11 Å². The third-order valence-electron chi connectivity index (χ3n) is 4.00. The predicted molar refractivity (Wildman–Crippen MR) is 72.1 cm³/mol. The average Bonchev–Trinajstić information content (AvgIpc) is 2.81. The van der Waals surface area contributed by atoms with Crippen LogP contribution < -0.4 is 4.90 Å². The van der Waals surface area contributed by atoms with E-state index in [1.807, 2.05) is 24.4 Å². The van der Waals surface area contributed by atoms with E-state index in [1.54, 1.807) is 6.20 Å². The molecule has 0 radical (unpaired) electrons. The molecule has 1 aliphatic heterocycles. The number of piperidine rings is 1. The van der Waals surface area contributed by atoms with Crippen LogP contribution in [0.1, 0.15) is 25.6 Å². The summed E-state index contributed by atoms with van der Waals surface area (Å²) >= 11 is 0. The predicted octanol–water partition coefficient (Wildman–Crippen LogP) is 1.03. The van der Waals surface area contributed by atoms with Gasteiger partial charge < -0.3 is 10.0 Å². The number of fused-ring (bicyclic) bond motifs is 1. The van der Waals surface area contributed by atoms with Crippen LogP contribution in [0.5, 0.6) is 0 Å². The van der Waals surface area contributed by atoms with E-state index < -0.39 is 0 Å². The number of hydrogen-bond donors (Lipinski definition) is 1. The maximum atomic E-state index is 9.65. The van der Waals surface area contributed by atoms with Crippen LogP contribution in [-0.4, -0.2) is 43.9 Å². The molecule has 1 aliphatic rings. The number of anilines is 1. The maximum Gasteiger partial charge on any atom is 0.203 e. The number of rotatable bonds is 2. The Morgan fingerprint density at radius 1 is 1.32 bits per heavy atom. The molecule has 1 N–H and O–H groups in total. The van der Waals surface area contributed by atoms with Crippen molar-refractivity contribution in [2.24, 2.45) is 5.92 Å². The molecule has 102 valence electrons. The Labute approximate surface area is 112 Å². The summed E-state index contributed by atoms with van der Waals surface area (Å²) in [5.74, 6) is 2.17. The SMILES string of the molecule is Cc1nnc2c(N3CCC(C(C)O)CC3)nccn12. The van der Waals surface area contributed by atoms with Gasteiger partial charge in [0.25, 0.3) is 0 Å². The van der Waals surface area contributed by atoms with Crippen LogP contribution in [0, 0.1) is 12.8 Å². The molecule has 19 heavy (non-hydrogen) atoms. The second kappa shape index (κ2) is 4.77. The fourth-order valence-corrected chi connectivity index (χ4v) is 2.75. The van der Waals surface area contributed by atoms with E-state index in [1.165, 1.54) is 0 Å². The van der Waals surface area contributed by atoms with Crippen LogP contribution in [0.25, 0.3) is 5.65 Å². The molecule has 1 atom stereocenters. The first kappa shape index (κ1) is 12.3. The molecule has 3 heterocycles. The molecular weight excluding hydrogens is 242 g/mol. The van der Waals surface area contributed by atoms with Crippen LogP contribution in [-0.2, 0) is 0 Å². The first-order valence-corrected chi connectivity index (χ1v) is 6.76. The number of aliphatic hydroxyl groups excluding tert-OH is 1. The Bertz CT molecular complexity index is 571. The van der Waals surface area contributed by atoms with Gasteiger partial charge in [0.1, 0.15) is 5.82 Å². The van der Waals surface area contributed by atoms with E-state index in [2.05, 4.69) is 20.1 Å². The van der Waals surface area contributed by atoms with Crippen molar-refractivity contribution in [3.8, 4) is 0 Å². The summed E-state index contributed by atoms with van der Waals surface area (Å²) in [6.07, 6.45) is 5.44. The first-order chi connectivity index (χ1) is 9.16. The largest absolute Gasteiger partial charge is 0.393 e. The summed E-state index contributed by atoms with van der Waals surface area (Å²) < 4.78 is 1.96. The molecule has 1 fully saturated rings. The van der Waals surface area contributed by atoms with E-state index in [-0.39, 0.29) is 6.10 Å². The summed E-state index contributed by atoms with van der Waals surface area (Å²) in [6, 6.07) is 0. The third-order valence-corrected chi connectivity index (χ3v) is 4.00. The van der Waals surface area contributed by atoms with Crippen molar-refractivity contribution >= 4 is 11.5 Å². The second-order valence-corrected chi connectivity index (χ2v) is 5.26. The minimum Gasteiger partial charge on any atom is -0.393 e. The number of aryl methyl sites for hydroxylation is 1. The molecule has 0 amide bonds. The van der Waals surface area contributed by atoms with Gasteiger partial charge >= 0.3 is 0 Å². The minimum atomic E-state index is -0.221. The van der Waals surface area contributed by atoms with E-state index in [9.17, 15) is 5.11 Å². The molecule has 0 saturated carbocycles. The smallest absolute Gasteiger partial charge is 0.203 e. The van der Waals surface area contributed by atoms with Crippen LogP contribution in [0.15, 0.2) is 12.4 Å². The van der Waals surface area contributed by atoms with Crippen molar-refractivity contribution in [1.29, 1.82) is 0 Å². The molecule has 1 unspecified atom stereocenters. The number of nitrogens with zero attached hydrogens (tertiary/aromatic N) is 5. The van der Waals surface area contributed by atoms with Gasteiger partial charge in [-0.15, -0.1) is 10.2 Å². The topological polar surface area (TPSA) is 66.5 Å². The highest BCUT2D eigenvalue weighted by Crippen LogP contribution is 2.26. The zero-order valence-corrected chi connectivity index (χ0v) is 11.3. The lowest BCUT2D eigenvalue weighted by Crippen LogP contribution is -2.37. The fraction of sp³-hybridized carbons (Fsp3) is 0.615. The third kappa shape index (κ3) is 2.16. The van der Waals surface area contributed by atoms with Gasteiger partial charge in [0.05, 0.1) is 6.10 Å². The standard InChI is InChI=1S/C13H19N5O/c1-9(19)11-3-6-17(7-4-11)12-13-16-15-10(2)18(13)8-5-14-12/h5,8-9,11,19H,3-4,6-7H2,1-2H3. The average molecular weight is 261 g/mol. The number of hydrogen-bond acceptors (Lipinski definition) is 5. The van der Waals surface area contributed by atoms with Crippen molar-refractivity contribution in [1.82, 2.24) is 19.6 Å². The maximum absolute atomic E-state index is 9.65. The second-order valence-electron chi connectivity index (χ2n) is 5.26. The van der Waals surface area contributed by atoms with Crippen molar-refractivity contribution in [3.63, 3.8) is 0 Å². The Morgan fingerprint density at radius 2 is 2.05 bits per heavy atom. The molecule has 1 saturated heterocycles. The van der Waals surface area contributed by atoms with Gasteiger partial charge in [0, 0.05) is 25.5 Å². The van der Waals surface area contributed by atoms with Gasteiger partial charge in [0.2, 0.25) is 5.65 Å². The van der Waals surface area contributed by atoms with Crippen LogP contribution in [0.3, 0.4) is 0 Å². The summed E-state index contributed by atoms with van der Waals surface area (Å²) in [5, 5.41) is 18.0. The van der Waals surface area contributed by atoms with E-state index in [0.717, 1.165) is 43.2 Å². The molecule has 6 nitrogen and oxygen atoms in total. The highest BCUT2D eigenvalue weighted by molar-refractivity contribution is 5.63. The molecule has 3 rings (SSSR count). The lowest BCUT2D eigenvalue weighted by Gasteiger charge is -2.33. The Morgan fingerprint density at radius 3 is 2.74 bits per heavy atom. The summed E-state index contributed by atoms with van der Waals surface area (Å²) in [7, 11) is 0. The molecule has 0 aliphatic carbocycles. The Kier molecular flexibility index (Phi) is 3.10. The fourth-order valence-electron chi connectivity index (χ4n) is 2.75. The summed E-state index contributed by atoms with van der Waals surface area (Å²) in [4.78, 5) is 6.69. The lowest BCUT2D eigenvalue weighted by molar-refractivity contribution is 0.110. The van der Waals surface area contributed by atoms with Crippen molar-refractivity contribution in [2.45, 2.75) is 32.8 Å². The molecule has 0 bridgehead atoms. The van der Waals surface area contributed by atoms with E-state index in [0.29, 0.717) is 5.92 Å². The lowest BCUT2D eigenvalue weighted by atomic mass is 9.92. The zero-order valence-electron chi connectivity index (χ0n) is 11.3. The van der Waals surface area contributed by atoms with Crippen LogP contribution in [0.4, 0.5) is 5.82 Å². The molecule has 6 heteroatoms. The van der Waals surface area contributed by atoms with Gasteiger partial charge in [0.15, 0.2) is 5.82 Å². The first-order valence-electron chi connectivity index (χ1n) is 6.76. The van der Waals surface area contributed by atoms with Gasteiger partial charge in [-0.05, 0) is 32.6 Å². The van der Waals surface area contributed by atoms with Crippen LogP contribution >= 0.6 is 0 Å². The van der Waals surface area contributed by atoms with E-state index >= 15 is 0 Å². The molecule has 2 aromatic rings. The molecule has 0 aromatic carbocycles. The van der Waals surface area contributed by atoms with Gasteiger partial charge in [-0.3, -0.25) is 4.40 Å². The highest BCUT2D eigenvalue weighted by atomic mass is 16.3. The number of aromatic nitrogens is 4. The summed E-state index contributed by atoms with van der Waals surface area (Å²) in [6.45, 7) is 5.63. The molecular formula is C13H19N5O. The number of aliphatic hydroxyl groups is 1.